The van der Waals surface area contributed by atoms with E-state index in [2.05, 4.69) is 6.92 Å². The third-order valence-corrected chi connectivity index (χ3v) is 6.46. The van der Waals surface area contributed by atoms with E-state index < -0.39 is 10.0 Å². The molecule has 1 saturated heterocycles. The molecule has 0 aromatic heterocycles. The molecular weight excluding hydrogens is 284 g/mol. The van der Waals surface area contributed by atoms with Crippen molar-refractivity contribution in [3.05, 3.63) is 29.3 Å². The molecule has 0 amide bonds. The number of nitrogens with zero attached hydrogens (tertiary/aromatic N) is 1. The van der Waals surface area contributed by atoms with Crippen molar-refractivity contribution in [2.45, 2.75) is 63.4 Å². The molecule has 0 radical (unpaired) electrons. The number of aryl methyl sites for hydroxylation is 1. The molecule has 1 fully saturated rings. The minimum Gasteiger partial charge on any atom is -0.326 e. The first kappa shape index (κ1) is 16.5. The average Bonchev–Trinajstić information content (AvgIpc) is 2.73. The summed E-state index contributed by atoms with van der Waals surface area (Å²) in [6.45, 7) is 4.92. The Labute approximate surface area is 128 Å². The molecule has 4 nitrogen and oxygen atoms in total. The zero-order chi connectivity index (χ0) is 15.5. The van der Waals surface area contributed by atoms with Crippen LogP contribution >= 0.6 is 0 Å². The Bertz CT molecular complexity index is 584. The van der Waals surface area contributed by atoms with Crippen LogP contribution < -0.4 is 5.73 Å². The van der Waals surface area contributed by atoms with Crippen molar-refractivity contribution >= 4 is 10.0 Å². The fourth-order valence-corrected chi connectivity index (χ4v) is 5.10. The highest BCUT2D eigenvalue weighted by atomic mass is 32.2. The predicted octanol–water partition coefficient (Wildman–Crippen LogP) is 2.80. The number of sulfonamides is 1. The van der Waals surface area contributed by atoms with Crippen molar-refractivity contribution in [3.8, 4) is 0 Å². The van der Waals surface area contributed by atoms with Crippen LogP contribution in [0.5, 0.6) is 0 Å². The second kappa shape index (κ2) is 6.90. The summed E-state index contributed by atoms with van der Waals surface area (Å²) in [7, 11) is -3.43. The Hall–Kier alpha value is -0.910. The minimum absolute atomic E-state index is 0.124. The molecule has 0 aliphatic carbocycles. The smallest absolute Gasteiger partial charge is 0.243 e. The maximum absolute atomic E-state index is 13.1. The van der Waals surface area contributed by atoms with E-state index in [1.165, 1.54) is 0 Å². The van der Waals surface area contributed by atoms with Gasteiger partial charge < -0.3 is 5.73 Å². The quantitative estimate of drug-likeness (QED) is 0.930. The third kappa shape index (κ3) is 3.47. The monoisotopic (exact) mass is 310 g/mol. The van der Waals surface area contributed by atoms with Crippen molar-refractivity contribution in [1.29, 1.82) is 0 Å². The number of nitrogens with two attached hydrogens (primary N) is 1. The van der Waals surface area contributed by atoms with Crippen LogP contribution in [0.2, 0.25) is 0 Å². The van der Waals surface area contributed by atoms with Gasteiger partial charge in [-0.3, -0.25) is 0 Å². The number of benzene rings is 1. The highest BCUT2D eigenvalue weighted by Gasteiger charge is 2.32. The fourth-order valence-electron chi connectivity index (χ4n) is 3.05. The molecule has 0 spiro atoms. The lowest BCUT2D eigenvalue weighted by molar-refractivity contribution is 0.315. The van der Waals surface area contributed by atoms with Gasteiger partial charge in [-0.2, -0.15) is 4.31 Å². The number of rotatable bonds is 4. The summed E-state index contributed by atoms with van der Waals surface area (Å²) in [5.41, 5.74) is 7.32. The number of hydrogen-bond donors (Lipinski definition) is 1. The van der Waals surface area contributed by atoms with Crippen LogP contribution in [0.4, 0.5) is 0 Å². The molecule has 1 aromatic rings. The summed E-state index contributed by atoms with van der Waals surface area (Å²) in [6.07, 6.45) is 5.02. The molecular formula is C16H26N2O2S. The van der Waals surface area contributed by atoms with Gasteiger partial charge in [-0.1, -0.05) is 31.9 Å². The largest absolute Gasteiger partial charge is 0.326 e. The molecule has 0 bridgehead atoms. The molecule has 2 rings (SSSR count). The van der Waals surface area contributed by atoms with Gasteiger partial charge in [0.2, 0.25) is 10.0 Å². The molecule has 5 heteroatoms. The molecule has 1 aromatic carbocycles. The first-order chi connectivity index (χ1) is 10.0. The van der Waals surface area contributed by atoms with Crippen LogP contribution in [0.3, 0.4) is 0 Å². The van der Waals surface area contributed by atoms with Gasteiger partial charge in [-0.25, -0.2) is 8.42 Å². The van der Waals surface area contributed by atoms with Crippen molar-refractivity contribution in [2.24, 2.45) is 5.73 Å². The Kier molecular flexibility index (Phi) is 5.41. The summed E-state index contributed by atoms with van der Waals surface area (Å²) in [4.78, 5) is 0.422. The fraction of sp³-hybridized carbons (Fsp3) is 0.625. The van der Waals surface area contributed by atoms with E-state index in [0.717, 1.165) is 43.2 Å². The standard InChI is InChI=1S/C16H26N2O2S/c1-3-15-7-5-4-6-10-18(15)21(19,20)16-11-14(12-17)9-8-13(16)2/h8-9,11,15H,3-7,10,12,17H2,1-2H3. The van der Waals surface area contributed by atoms with E-state index in [1.807, 2.05) is 19.1 Å². The zero-order valence-electron chi connectivity index (χ0n) is 13.0. The van der Waals surface area contributed by atoms with Crippen molar-refractivity contribution in [3.63, 3.8) is 0 Å². The van der Waals surface area contributed by atoms with Crippen molar-refractivity contribution < 1.29 is 8.42 Å². The van der Waals surface area contributed by atoms with E-state index >= 15 is 0 Å². The van der Waals surface area contributed by atoms with Crippen LogP contribution in [0.1, 0.15) is 50.2 Å². The first-order valence-corrected chi connectivity index (χ1v) is 9.26. The van der Waals surface area contributed by atoms with Gasteiger partial charge in [0.15, 0.2) is 0 Å². The molecule has 2 N–H and O–H groups in total. The highest BCUT2D eigenvalue weighted by Crippen LogP contribution is 2.28. The van der Waals surface area contributed by atoms with E-state index in [-0.39, 0.29) is 6.04 Å². The van der Waals surface area contributed by atoms with E-state index in [4.69, 9.17) is 5.73 Å². The summed E-state index contributed by atoms with van der Waals surface area (Å²) in [5.74, 6) is 0. The lowest BCUT2D eigenvalue weighted by Crippen LogP contribution is -2.39. The van der Waals surface area contributed by atoms with Crippen LogP contribution in [0, 0.1) is 6.92 Å². The lowest BCUT2D eigenvalue weighted by atomic mass is 10.1. The number of hydrogen-bond acceptors (Lipinski definition) is 3. The second-order valence-corrected chi connectivity index (χ2v) is 7.69. The second-order valence-electron chi connectivity index (χ2n) is 5.83. The van der Waals surface area contributed by atoms with Gasteiger partial charge in [-0.15, -0.1) is 0 Å². The lowest BCUT2D eigenvalue weighted by Gasteiger charge is -2.29. The van der Waals surface area contributed by atoms with Gasteiger partial charge >= 0.3 is 0 Å². The summed E-state index contributed by atoms with van der Waals surface area (Å²) in [5, 5.41) is 0. The van der Waals surface area contributed by atoms with Crippen molar-refractivity contribution in [2.75, 3.05) is 6.54 Å². The van der Waals surface area contributed by atoms with Gasteiger partial charge in [0.1, 0.15) is 0 Å². The van der Waals surface area contributed by atoms with Crippen LogP contribution in [-0.4, -0.2) is 25.3 Å². The van der Waals surface area contributed by atoms with E-state index in [0.29, 0.717) is 18.0 Å². The van der Waals surface area contributed by atoms with Gasteiger partial charge in [0.05, 0.1) is 4.90 Å². The van der Waals surface area contributed by atoms with Crippen LogP contribution in [-0.2, 0) is 16.6 Å². The van der Waals surface area contributed by atoms with E-state index in [1.54, 1.807) is 10.4 Å². The normalized spacial score (nSPS) is 21.2. The molecule has 1 heterocycles. The SMILES string of the molecule is CCC1CCCCCN1S(=O)(=O)c1cc(CN)ccc1C. The summed E-state index contributed by atoms with van der Waals surface area (Å²) in [6, 6.07) is 5.61. The Balaban J connectivity index is 2.44. The molecule has 21 heavy (non-hydrogen) atoms. The Morgan fingerprint density at radius 2 is 2.05 bits per heavy atom. The molecule has 118 valence electrons. The van der Waals surface area contributed by atoms with Crippen molar-refractivity contribution in [1.82, 2.24) is 4.31 Å². The maximum atomic E-state index is 13.1. The Morgan fingerprint density at radius 3 is 2.71 bits per heavy atom. The summed E-state index contributed by atoms with van der Waals surface area (Å²) < 4.78 is 27.9. The maximum Gasteiger partial charge on any atom is 0.243 e. The van der Waals surface area contributed by atoms with Gasteiger partial charge in [0.25, 0.3) is 0 Å². The zero-order valence-corrected chi connectivity index (χ0v) is 13.8. The molecule has 1 unspecified atom stereocenters. The van der Waals surface area contributed by atoms with E-state index in [9.17, 15) is 8.42 Å². The highest BCUT2D eigenvalue weighted by molar-refractivity contribution is 7.89. The first-order valence-electron chi connectivity index (χ1n) is 7.82. The summed E-state index contributed by atoms with van der Waals surface area (Å²) >= 11 is 0. The minimum atomic E-state index is -3.43. The van der Waals surface area contributed by atoms with Crippen LogP contribution in [0.15, 0.2) is 23.1 Å². The Morgan fingerprint density at radius 1 is 1.29 bits per heavy atom. The van der Waals surface area contributed by atoms with Crippen LogP contribution in [0.25, 0.3) is 0 Å². The molecule has 1 atom stereocenters. The average molecular weight is 310 g/mol. The molecule has 0 saturated carbocycles. The third-order valence-electron chi connectivity index (χ3n) is 4.37. The molecule has 1 aliphatic heterocycles. The molecule has 1 aliphatic rings. The predicted molar refractivity (Wildman–Crippen MR) is 85.5 cm³/mol. The van der Waals surface area contributed by atoms with Gasteiger partial charge in [-0.05, 0) is 43.4 Å². The topological polar surface area (TPSA) is 63.4 Å². The van der Waals surface area contributed by atoms with Gasteiger partial charge in [0, 0.05) is 19.1 Å².